The van der Waals surface area contributed by atoms with Crippen molar-refractivity contribution in [1.82, 2.24) is 9.55 Å². The standard InChI is InChI=1S/C14H17FN2O6S/c1-6-4-17(14(21)16-12(6)20)13-11(23-8(3)19)10(15)9(5-24-13)22-7(2)18/h4,9-11,13H,5H2,1-3H3,(H,16,20,21)/t9-,10+,11-,13-/m1/s1. The smallest absolute Gasteiger partial charge is 0.329 e. The Balaban J connectivity index is 2.40. The first-order valence-electron chi connectivity index (χ1n) is 7.13. The Bertz CT molecular complexity index is 760. The van der Waals surface area contributed by atoms with Crippen LogP contribution in [0.25, 0.3) is 0 Å². The van der Waals surface area contributed by atoms with Gasteiger partial charge in [-0.2, -0.15) is 0 Å². The van der Waals surface area contributed by atoms with Crippen LogP contribution in [-0.2, 0) is 19.1 Å². The zero-order valence-corrected chi connectivity index (χ0v) is 14.1. The van der Waals surface area contributed by atoms with E-state index in [-0.39, 0.29) is 11.3 Å². The zero-order chi connectivity index (χ0) is 18.0. The molecule has 2 heterocycles. The molecule has 1 saturated heterocycles. The number of carbonyl (C=O) groups is 2. The lowest BCUT2D eigenvalue weighted by Crippen LogP contribution is -2.50. The van der Waals surface area contributed by atoms with Crippen LogP contribution >= 0.6 is 11.8 Å². The summed E-state index contributed by atoms with van der Waals surface area (Å²) < 4.78 is 25.8. The maximum Gasteiger partial charge on any atom is 0.329 e. The van der Waals surface area contributed by atoms with Crippen molar-refractivity contribution in [1.29, 1.82) is 0 Å². The van der Waals surface area contributed by atoms with Crippen molar-refractivity contribution in [3.63, 3.8) is 0 Å². The molecule has 2 rings (SSSR count). The minimum Gasteiger partial charge on any atom is -0.458 e. The third-order valence-electron chi connectivity index (χ3n) is 3.42. The van der Waals surface area contributed by atoms with E-state index in [2.05, 4.69) is 4.98 Å². The molecular weight excluding hydrogens is 343 g/mol. The number of aromatic amines is 1. The average Bonchev–Trinajstić information content (AvgIpc) is 2.47. The topological polar surface area (TPSA) is 107 Å². The molecule has 8 nitrogen and oxygen atoms in total. The van der Waals surface area contributed by atoms with E-state index < -0.39 is 46.9 Å². The molecule has 1 fully saturated rings. The number of halogens is 1. The molecule has 0 saturated carbocycles. The number of nitrogens with zero attached hydrogens (tertiary/aromatic N) is 1. The Morgan fingerprint density at radius 3 is 2.50 bits per heavy atom. The van der Waals surface area contributed by atoms with Crippen LogP contribution in [0.4, 0.5) is 4.39 Å². The van der Waals surface area contributed by atoms with Gasteiger partial charge in [0.2, 0.25) is 0 Å². The van der Waals surface area contributed by atoms with E-state index in [1.54, 1.807) is 0 Å². The van der Waals surface area contributed by atoms with Gasteiger partial charge < -0.3 is 9.47 Å². The minimum atomic E-state index is -1.80. The summed E-state index contributed by atoms with van der Waals surface area (Å²) in [6.07, 6.45) is -2.95. The fourth-order valence-electron chi connectivity index (χ4n) is 2.39. The zero-order valence-electron chi connectivity index (χ0n) is 13.3. The van der Waals surface area contributed by atoms with Gasteiger partial charge in [0.1, 0.15) is 11.5 Å². The third-order valence-corrected chi connectivity index (χ3v) is 4.78. The molecule has 0 radical (unpaired) electrons. The van der Waals surface area contributed by atoms with Crippen molar-refractivity contribution in [2.75, 3.05) is 5.75 Å². The quantitative estimate of drug-likeness (QED) is 0.772. The van der Waals surface area contributed by atoms with Crippen LogP contribution in [0, 0.1) is 6.92 Å². The van der Waals surface area contributed by atoms with Crippen LogP contribution in [0.1, 0.15) is 24.8 Å². The summed E-state index contributed by atoms with van der Waals surface area (Å²) in [6, 6.07) is 0. The number of aromatic nitrogens is 2. The predicted molar refractivity (Wildman–Crippen MR) is 83.6 cm³/mol. The second-order valence-corrected chi connectivity index (χ2v) is 6.52. The Hall–Kier alpha value is -2.10. The van der Waals surface area contributed by atoms with Gasteiger partial charge in [0, 0.05) is 31.4 Å². The van der Waals surface area contributed by atoms with Gasteiger partial charge in [-0.3, -0.25) is 23.9 Å². The highest BCUT2D eigenvalue weighted by atomic mass is 32.2. The Morgan fingerprint density at radius 2 is 1.92 bits per heavy atom. The summed E-state index contributed by atoms with van der Waals surface area (Å²) in [6.45, 7) is 3.77. The van der Waals surface area contributed by atoms with Crippen molar-refractivity contribution in [3.8, 4) is 0 Å². The monoisotopic (exact) mass is 360 g/mol. The summed E-state index contributed by atoms with van der Waals surface area (Å²) in [5, 5.41) is -0.890. The molecule has 10 heteroatoms. The largest absolute Gasteiger partial charge is 0.458 e. The van der Waals surface area contributed by atoms with E-state index in [4.69, 9.17) is 9.47 Å². The van der Waals surface area contributed by atoms with Gasteiger partial charge in [-0.15, -0.1) is 11.8 Å². The number of esters is 2. The maximum absolute atomic E-state index is 14.7. The molecule has 1 N–H and O–H groups in total. The first-order chi connectivity index (χ1) is 11.2. The predicted octanol–water partition coefficient (Wildman–Crippen LogP) is 0.292. The molecule has 1 aliphatic rings. The summed E-state index contributed by atoms with van der Waals surface area (Å²) in [7, 11) is 0. The maximum atomic E-state index is 14.7. The highest BCUT2D eigenvalue weighted by Gasteiger charge is 2.45. The first-order valence-corrected chi connectivity index (χ1v) is 8.17. The second kappa shape index (κ2) is 7.20. The normalized spacial score (nSPS) is 26.7. The molecule has 0 aromatic carbocycles. The highest BCUT2D eigenvalue weighted by Crippen LogP contribution is 2.38. The molecule has 1 aliphatic heterocycles. The summed E-state index contributed by atoms with van der Waals surface area (Å²) >= 11 is 1.10. The minimum absolute atomic E-state index is 0.0772. The number of carbonyl (C=O) groups excluding carboxylic acids is 2. The molecule has 4 atom stereocenters. The van der Waals surface area contributed by atoms with E-state index in [1.807, 2.05) is 0 Å². The molecule has 0 amide bonds. The first kappa shape index (κ1) is 18.2. The number of hydrogen-bond donors (Lipinski definition) is 1. The van der Waals surface area contributed by atoms with Crippen LogP contribution in [0.5, 0.6) is 0 Å². The fourth-order valence-corrected chi connectivity index (χ4v) is 3.74. The van der Waals surface area contributed by atoms with E-state index in [0.29, 0.717) is 0 Å². The van der Waals surface area contributed by atoms with Crippen LogP contribution in [0.3, 0.4) is 0 Å². The van der Waals surface area contributed by atoms with Gasteiger partial charge in [0.15, 0.2) is 12.3 Å². The lowest BCUT2D eigenvalue weighted by molar-refractivity contribution is -0.161. The molecule has 0 bridgehead atoms. The van der Waals surface area contributed by atoms with E-state index in [0.717, 1.165) is 30.2 Å². The van der Waals surface area contributed by atoms with Gasteiger partial charge in [0.05, 0.1) is 0 Å². The molecule has 0 spiro atoms. The molecule has 1 aromatic heterocycles. The third kappa shape index (κ3) is 3.86. The van der Waals surface area contributed by atoms with Gasteiger partial charge >= 0.3 is 17.6 Å². The van der Waals surface area contributed by atoms with E-state index >= 15 is 0 Å². The van der Waals surface area contributed by atoms with Crippen molar-refractivity contribution >= 4 is 23.7 Å². The SMILES string of the molecule is CC(=O)O[C@@H]1[C@@H](F)[C@H](OC(C)=O)CS[C@H]1n1cc(C)c(=O)[nH]c1=O. The average molecular weight is 360 g/mol. The van der Waals surface area contributed by atoms with Crippen LogP contribution in [0.2, 0.25) is 0 Å². The number of alkyl halides is 1. The lowest BCUT2D eigenvalue weighted by atomic mass is 10.1. The van der Waals surface area contributed by atoms with Crippen LogP contribution < -0.4 is 11.2 Å². The number of nitrogens with one attached hydrogen (secondary N) is 1. The Morgan fingerprint density at radius 1 is 1.29 bits per heavy atom. The van der Waals surface area contributed by atoms with Crippen molar-refractivity contribution in [2.24, 2.45) is 0 Å². The number of thioether (sulfide) groups is 1. The summed E-state index contributed by atoms with van der Waals surface area (Å²) in [5.41, 5.74) is -1.02. The van der Waals surface area contributed by atoms with E-state index in [9.17, 15) is 23.6 Å². The number of aryl methyl sites for hydroxylation is 1. The van der Waals surface area contributed by atoms with Crippen molar-refractivity contribution < 1.29 is 23.5 Å². The Kier molecular flexibility index (Phi) is 5.47. The number of rotatable bonds is 3. The Labute approximate surface area is 140 Å². The van der Waals surface area contributed by atoms with Gasteiger partial charge in [-0.25, -0.2) is 9.18 Å². The summed E-state index contributed by atoms with van der Waals surface area (Å²) in [5.74, 6) is -1.31. The lowest BCUT2D eigenvalue weighted by Gasteiger charge is -2.37. The van der Waals surface area contributed by atoms with Gasteiger partial charge in [0.25, 0.3) is 5.56 Å². The number of hydrogen-bond acceptors (Lipinski definition) is 7. The molecular formula is C14H17FN2O6S. The summed E-state index contributed by atoms with van der Waals surface area (Å²) in [4.78, 5) is 48.0. The molecule has 1 aromatic rings. The molecule has 0 unspecified atom stereocenters. The molecule has 24 heavy (non-hydrogen) atoms. The number of ether oxygens (including phenoxy) is 2. The highest BCUT2D eigenvalue weighted by molar-refractivity contribution is 7.99. The van der Waals surface area contributed by atoms with Crippen molar-refractivity contribution in [3.05, 3.63) is 32.6 Å². The molecule has 132 valence electrons. The van der Waals surface area contributed by atoms with Gasteiger partial charge in [-0.1, -0.05) is 0 Å². The number of H-pyrrole nitrogens is 1. The fraction of sp³-hybridized carbons (Fsp3) is 0.571. The van der Waals surface area contributed by atoms with E-state index in [1.165, 1.54) is 13.1 Å². The second-order valence-electron chi connectivity index (χ2n) is 5.37. The molecule has 0 aliphatic carbocycles. The van der Waals surface area contributed by atoms with Gasteiger partial charge in [-0.05, 0) is 6.92 Å². The van der Waals surface area contributed by atoms with Crippen molar-refractivity contribution in [2.45, 2.75) is 44.5 Å². The van der Waals surface area contributed by atoms with Crippen LogP contribution in [-0.4, -0.2) is 45.6 Å². The van der Waals surface area contributed by atoms with Crippen LogP contribution in [0.15, 0.2) is 15.8 Å².